The van der Waals surface area contributed by atoms with Crippen LogP contribution in [0.25, 0.3) is 0 Å². The molecule has 118 valence electrons. The van der Waals surface area contributed by atoms with Gasteiger partial charge in [-0.1, -0.05) is 23.9 Å². The second-order valence-corrected chi connectivity index (χ2v) is 6.39. The number of anilines is 1. The lowest BCUT2D eigenvalue weighted by molar-refractivity contribution is -0.116. The molecule has 0 amide bonds. The van der Waals surface area contributed by atoms with Crippen molar-refractivity contribution in [2.24, 2.45) is 0 Å². The fourth-order valence-electron chi connectivity index (χ4n) is 3.18. The third kappa shape index (κ3) is 2.35. The van der Waals surface area contributed by atoms with Gasteiger partial charge in [-0.2, -0.15) is 4.98 Å². The Morgan fingerprint density at radius 3 is 2.83 bits per heavy atom. The van der Waals surface area contributed by atoms with Crippen LogP contribution < -0.4 is 5.32 Å². The first-order chi connectivity index (χ1) is 11.2. The summed E-state index contributed by atoms with van der Waals surface area (Å²) in [5.41, 5.74) is 2.49. The molecule has 2 aliphatic rings. The molecule has 2 aromatic rings. The van der Waals surface area contributed by atoms with E-state index in [-0.39, 0.29) is 17.6 Å². The van der Waals surface area contributed by atoms with Gasteiger partial charge < -0.3 is 5.32 Å². The van der Waals surface area contributed by atoms with E-state index in [0.29, 0.717) is 17.5 Å². The average Bonchev–Trinajstić information content (AvgIpc) is 2.97. The number of allylic oxidation sites excluding steroid dienone is 2. The van der Waals surface area contributed by atoms with E-state index in [2.05, 4.69) is 15.4 Å². The highest BCUT2D eigenvalue weighted by Crippen LogP contribution is 2.40. The van der Waals surface area contributed by atoms with Crippen LogP contribution in [0.5, 0.6) is 0 Å². The number of thioether (sulfide) groups is 1. The molecule has 4 rings (SSSR count). The number of carbonyl (C=O) groups excluding carboxylic acids is 1. The molecule has 1 atom stereocenters. The molecular formula is C16H15FN4OS. The number of rotatable bonds is 2. The summed E-state index contributed by atoms with van der Waals surface area (Å²) < 4.78 is 15.0. The van der Waals surface area contributed by atoms with Crippen molar-refractivity contribution in [3.8, 4) is 0 Å². The van der Waals surface area contributed by atoms with E-state index >= 15 is 0 Å². The van der Waals surface area contributed by atoms with Gasteiger partial charge in [0.05, 0.1) is 0 Å². The van der Waals surface area contributed by atoms with Crippen molar-refractivity contribution in [1.29, 1.82) is 0 Å². The van der Waals surface area contributed by atoms with Crippen LogP contribution in [-0.4, -0.2) is 26.8 Å². The molecule has 1 aliphatic heterocycles. The second-order valence-electron chi connectivity index (χ2n) is 5.61. The summed E-state index contributed by atoms with van der Waals surface area (Å²) in [6.07, 6.45) is 4.11. The molecule has 1 aliphatic carbocycles. The summed E-state index contributed by atoms with van der Waals surface area (Å²) >= 11 is 1.45. The van der Waals surface area contributed by atoms with Crippen molar-refractivity contribution in [2.45, 2.75) is 30.5 Å². The molecule has 23 heavy (non-hydrogen) atoms. The van der Waals surface area contributed by atoms with Gasteiger partial charge >= 0.3 is 0 Å². The maximum atomic E-state index is 13.3. The number of nitrogens with one attached hydrogen (secondary N) is 1. The smallest absolute Gasteiger partial charge is 0.227 e. The highest BCUT2D eigenvalue weighted by atomic mass is 32.2. The van der Waals surface area contributed by atoms with Gasteiger partial charge in [-0.3, -0.25) is 4.79 Å². The molecular weight excluding hydrogens is 315 g/mol. The molecule has 7 heteroatoms. The number of ketones is 1. The maximum absolute atomic E-state index is 13.3. The minimum Gasteiger partial charge on any atom is -0.328 e. The molecule has 0 radical (unpaired) electrons. The molecule has 0 bridgehead atoms. The lowest BCUT2D eigenvalue weighted by Gasteiger charge is -2.32. The molecule has 1 aromatic heterocycles. The molecule has 0 saturated heterocycles. The molecule has 2 heterocycles. The summed E-state index contributed by atoms with van der Waals surface area (Å²) in [5.74, 6) is 0.465. The summed E-state index contributed by atoms with van der Waals surface area (Å²) in [5, 5.41) is 8.40. The number of fused-ring (bicyclic) bond motifs is 1. The number of nitrogens with zero attached hydrogens (tertiary/aromatic N) is 3. The van der Waals surface area contributed by atoms with Crippen LogP contribution in [-0.2, 0) is 4.79 Å². The first-order valence-electron chi connectivity index (χ1n) is 7.46. The molecule has 1 aromatic carbocycles. The van der Waals surface area contributed by atoms with E-state index in [1.165, 1.54) is 23.9 Å². The van der Waals surface area contributed by atoms with Crippen LogP contribution in [0.1, 0.15) is 30.9 Å². The Morgan fingerprint density at radius 2 is 2.09 bits per heavy atom. The molecule has 1 unspecified atom stereocenters. The zero-order chi connectivity index (χ0) is 16.0. The SMILES string of the molecule is CSc1nc2n(n1)C(c1ccc(F)cc1)C1=C(CCCC1=O)N2. The maximum Gasteiger partial charge on any atom is 0.227 e. The quantitative estimate of drug-likeness (QED) is 0.857. The van der Waals surface area contributed by atoms with E-state index in [4.69, 9.17) is 0 Å². The number of carbonyl (C=O) groups is 1. The lowest BCUT2D eigenvalue weighted by Crippen LogP contribution is -2.31. The Kier molecular flexibility index (Phi) is 3.45. The van der Waals surface area contributed by atoms with Crippen molar-refractivity contribution >= 4 is 23.5 Å². The standard InChI is InChI=1S/C16H15FN4OS/c1-23-16-19-15-18-11-3-2-4-12(22)13(11)14(21(15)20-16)9-5-7-10(17)8-6-9/h5-8,14H,2-4H2,1H3,(H,18,19,20). The first kappa shape index (κ1) is 14.4. The van der Waals surface area contributed by atoms with Gasteiger partial charge in [0, 0.05) is 17.7 Å². The summed E-state index contributed by atoms with van der Waals surface area (Å²) in [4.78, 5) is 17.0. The third-order valence-electron chi connectivity index (χ3n) is 4.22. The number of aromatic nitrogens is 3. The summed E-state index contributed by atoms with van der Waals surface area (Å²) in [6, 6.07) is 5.90. The minimum absolute atomic E-state index is 0.125. The van der Waals surface area contributed by atoms with Crippen LogP contribution in [0.3, 0.4) is 0 Å². The molecule has 5 nitrogen and oxygen atoms in total. The van der Waals surface area contributed by atoms with Gasteiger partial charge in [0.25, 0.3) is 0 Å². The Bertz CT molecular complexity index is 812. The summed E-state index contributed by atoms with van der Waals surface area (Å²) in [7, 11) is 0. The zero-order valence-electron chi connectivity index (χ0n) is 12.5. The number of hydrogen-bond acceptors (Lipinski definition) is 5. The lowest BCUT2D eigenvalue weighted by atomic mass is 9.85. The molecule has 0 spiro atoms. The predicted octanol–water partition coefficient (Wildman–Crippen LogP) is 3.16. The Labute approximate surface area is 137 Å². The van der Waals surface area contributed by atoms with Gasteiger partial charge in [0.2, 0.25) is 11.1 Å². The van der Waals surface area contributed by atoms with Crippen molar-refractivity contribution < 1.29 is 9.18 Å². The second kappa shape index (κ2) is 5.49. The fourth-order valence-corrected chi connectivity index (χ4v) is 3.52. The van der Waals surface area contributed by atoms with Gasteiger partial charge in [-0.25, -0.2) is 9.07 Å². The number of Topliss-reactive ketones (excluding diaryl/α,β-unsaturated/α-hetero) is 1. The largest absolute Gasteiger partial charge is 0.328 e. The number of benzene rings is 1. The van der Waals surface area contributed by atoms with Crippen LogP contribution >= 0.6 is 11.8 Å². The third-order valence-corrected chi connectivity index (χ3v) is 4.76. The highest BCUT2D eigenvalue weighted by Gasteiger charge is 2.36. The van der Waals surface area contributed by atoms with Crippen molar-refractivity contribution in [3.63, 3.8) is 0 Å². The van der Waals surface area contributed by atoms with Gasteiger partial charge in [0.1, 0.15) is 11.9 Å². The van der Waals surface area contributed by atoms with Crippen molar-refractivity contribution in [1.82, 2.24) is 14.8 Å². The topological polar surface area (TPSA) is 59.8 Å². The van der Waals surface area contributed by atoms with Gasteiger partial charge in [0.15, 0.2) is 5.78 Å². The highest BCUT2D eigenvalue weighted by molar-refractivity contribution is 7.98. The number of hydrogen-bond donors (Lipinski definition) is 1. The van der Waals surface area contributed by atoms with Gasteiger partial charge in [-0.15, -0.1) is 5.10 Å². The van der Waals surface area contributed by atoms with Crippen LogP contribution in [0.15, 0.2) is 40.7 Å². The van der Waals surface area contributed by atoms with E-state index in [1.807, 2.05) is 6.26 Å². The van der Waals surface area contributed by atoms with E-state index in [9.17, 15) is 9.18 Å². The Morgan fingerprint density at radius 1 is 1.30 bits per heavy atom. The minimum atomic E-state index is -0.344. The normalized spacial score (nSPS) is 20.1. The van der Waals surface area contributed by atoms with Crippen LogP contribution in [0.4, 0.5) is 10.3 Å². The monoisotopic (exact) mass is 330 g/mol. The van der Waals surface area contributed by atoms with Gasteiger partial charge in [-0.05, 0) is 36.8 Å². The molecule has 1 N–H and O–H groups in total. The summed E-state index contributed by atoms with van der Waals surface area (Å²) in [6.45, 7) is 0. The van der Waals surface area contributed by atoms with Crippen LogP contribution in [0, 0.1) is 5.82 Å². The predicted molar refractivity (Wildman–Crippen MR) is 85.8 cm³/mol. The molecule has 0 saturated carbocycles. The Balaban J connectivity index is 1.90. The van der Waals surface area contributed by atoms with E-state index < -0.39 is 0 Å². The number of halogens is 1. The average molecular weight is 330 g/mol. The van der Waals surface area contributed by atoms with E-state index in [1.54, 1.807) is 16.8 Å². The fraction of sp³-hybridized carbons (Fsp3) is 0.312. The Hall–Kier alpha value is -2.15. The first-order valence-corrected chi connectivity index (χ1v) is 8.69. The van der Waals surface area contributed by atoms with Crippen LogP contribution in [0.2, 0.25) is 0 Å². The molecule has 0 fully saturated rings. The zero-order valence-corrected chi connectivity index (χ0v) is 13.4. The van der Waals surface area contributed by atoms with E-state index in [0.717, 1.165) is 29.7 Å². The van der Waals surface area contributed by atoms with Crippen molar-refractivity contribution in [3.05, 3.63) is 46.9 Å². The van der Waals surface area contributed by atoms with Crippen molar-refractivity contribution in [2.75, 3.05) is 11.6 Å².